The van der Waals surface area contributed by atoms with Crippen LogP contribution < -0.4 is 4.74 Å². The van der Waals surface area contributed by atoms with E-state index < -0.39 is 0 Å². The molecule has 2 heterocycles. The number of amides is 1. The number of rotatable bonds is 4. The van der Waals surface area contributed by atoms with Crippen LogP contribution in [0.4, 0.5) is 0 Å². The molecule has 1 aromatic heterocycles. The van der Waals surface area contributed by atoms with Gasteiger partial charge in [-0.2, -0.15) is 0 Å². The molecule has 1 aliphatic heterocycles. The van der Waals surface area contributed by atoms with Crippen molar-refractivity contribution in [3.05, 3.63) is 23.9 Å². The van der Waals surface area contributed by atoms with Gasteiger partial charge in [-0.3, -0.25) is 4.79 Å². The maximum atomic E-state index is 11.4. The zero-order chi connectivity index (χ0) is 12.3. The number of likely N-dealkylation sites (tertiary alicyclic amines) is 1. The second-order valence-corrected chi connectivity index (χ2v) is 4.09. The van der Waals surface area contributed by atoms with Crippen LogP contribution in [0, 0.1) is 6.92 Å². The number of hydrogen-bond acceptors (Lipinski definition) is 4. The number of hydrogen-bond donors (Lipinski definition) is 0. The van der Waals surface area contributed by atoms with Gasteiger partial charge in [0.1, 0.15) is 12.7 Å². The van der Waals surface area contributed by atoms with Crippen LogP contribution in [-0.4, -0.2) is 48.7 Å². The minimum atomic E-state index is 0.00421. The SMILES string of the molecule is COCC(=O)N1CC(Oc2cccc(C)n2)C1. The Balaban J connectivity index is 1.79. The predicted octanol–water partition coefficient (Wildman–Crippen LogP) is 0.626. The fourth-order valence-electron chi connectivity index (χ4n) is 1.69. The third-order valence-electron chi connectivity index (χ3n) is 2.62. The normalized spacial score (nSPS) is 15.5. The highest BCUT2D eigenvalue weighted by Gasteiger charge is 2.32. The van der Waals surface area contributed by atoms with E-state index in [-0.39, 0.29) is 18.6 Å². The molecule has 0 saturated carbocycles. The van der Waals surface area contributed by atoms with Gasteiger partial charge in [-0.1, -0.05) is 6.07 Å². The lowest BCUT2D eigenvalue weighted by molar-refractivity contribution is -0.144. The average Bonchev–Trinajstić information content (AvgIpc) is 2.23. The molecular formula is C12H16N2O3. The van der Waals surface area contributed by atoms with Crippen molar-refractivity contribution in [1.82, 2.24) is 9.88 Å². The number of nitrogens with zero attached hydrogens (tertiary/aromatic N) is 2. The highest BCUT2D eigenvalue weighted by atomic mass is 16.5. The first-order chi connectivity index (χ1) is 8.19. The van der Waals surface area contributed by atoms with Gasteiger partial charge in [0.2, 0.25) is 11.8 Å². The Kier molecular flexibility index (Phi) is 3.58. The first-order valence-corrected chi connectivity index (χ1v) is 5.56. The van der Waals surface area contributed by atoms with Crippen LogP contribution in [0.15, 0.2) is 18.2 Å². The molecule has 0 bridgehead atoms. The van der Waals surface area contributed by atoms with Crippen molar-refractivity contribution >= 4 is 5.91 Å². The van der Waals surface area contributed by atoms with Gasteiger partial charge in [0.25, 0.3) is 0 Å². The van der Waals surface area contributed by atoms with E-state index in [4.69, 9.17) is 9.47 Å². The van der Waals surface area contributed by atoms with Crippen LogP contribution in [-0.2, 0) is 9.53 Å². The van der Waals surface area contributed by atoms with Gasteiger partial charge in [-0.15, -0.1) is 0 Å². The molecule has 0 aromatic carbocycles. The second-order valence-electron chi connectivity index (χ2n) is 4.09. The highest BCUT2D eigenvalue weighted by molar-refractivity contribution is 5.78. The summed E-state index contributed by atoms with van der Waals surface area (Å²) in [6.45, 7) is 3.27. The van der Waals surface area contributed by atoms with Gasteiger partial charge in [-0.05, 0) is 13.0 Å². The summed E-state index contributed by atoms with van der Waals surface area (Å²) in [4.78, 5) is 17.4. The first kappa shape index (κ1) is 11.9. The number of ether oxygens (including phenoxy) is 2. The molecule has 0 radical (unpaired) electrons. The van der Waals surface area contributed by atoms with Crippen LogP contribution in [0.2, 0.25) is 0 Å². The minimum absolute atomic E-state index is 0.00421. The Hall–Kier alpha value is -1.62. The predicted molar refractivity (Wildman–Crippen MR) is 61.8 cm³/mol. The third kappa shape index (κ3) is 2.94. The zero-order valence-electron chi connectivity index (χ0n) is 10.0. The summed E-state index contributed by atoms with van der Waals surface area (Å²) in [5.74, 6) is 0.624. The molecule has 0 unspecified atom stereocenters. The van der Waals surface area contributed by atoms with Crippen LogP contribution in [0.25, 0.3) is 0 Å². The summed E-state index contributed by atoms with van der Waals surface area (Å²) in [6.07, 6.45) is 0.0464. The van der Waals surface area contributed by atoms with E-state index in [9.17, 15) is 4.79 Å². The highest BCUT2D eigenvalue weighted by Crippen LogP contribution is 2.16. The molecule has 5 heteroatoms. The summed E-state index contributed by atoms with van der Waals surface area (Å²) in [5.41, 5.74) is 0.925. The molecule has 0 N–H and O–H groups in total. The van der Waals surface area contributed by atoms with Gasteiger partial charge >= 0.3 is 0 Å². The van der Waals surface area contributed by atoms with Gasteiger partial charge in [0, 0.05) is 18.9 Å². The van der Waals surface area contributed by atoms with Gasteiger partial charge in [0.15, 0.2) is 0 Å². The molecule has 1 saturated heterocycles. The minimum Gasteiger partial charge on any atom is -0.471 e. The quantitative estimate of drug-likeness (QED) is 0.769. The Labute approximate surface area is 100 Å². The van der Waals surface area contributed by atoms with E-state index >= 15 is 0 Å². The molecule has 5 nitrogen and oxygen atoms in total. The van der Waals surface area contributed by atoms with E-state index in [1.54, 1.807) is 4.90 Å². The fourth-order valence-corrected chi connectivity index (χ4v) is 1.69. The third-order valence-corrected chi connectivity index (χ3v) is 2.62. The van der Waals surface area contributed by atoms with E-state index in [1.165, 1.54) is 7.11 Å². The maximum Gasteiger partial charge on any atom is 0.248 e. The van der Waals surface area contributed by atoms with Crippen molar-refractivity contribution < 1.29 is 14.3 Å². The molecule has 1 aromatic rings. The lowest BCUT2D eigenvalue weighted by atomic mass is 10.1. The molecule has 1 fully saturated rings. The van der Waals surface area contributed by atoms with Crippen LogP contribution in [0.1, 0.15) is 5.69 Å². The van der Waals surface area contributed by atoms with E-state index in [0.29, 0.717) is 19.0 Å². The topological polar surface area (TPSA) is 51.7 Å². The van der Waals surface area contributed by atoms with E-state index in [0.717, 1.165) is 5.69 Å². The smallest absolute Gasteiger partial charge is 0.248 e. The standard InChI is InChI=1S/C12H16N2O3/c1-9-4-3-5-11(13-9)17-10-6-14(7-10)12(15)8-16-2/h3-5,10H,6-8H2,1-2H3. The summed E-state index contributed by atoms with van der Waals surface area (Å²) in [6, 6.07) is 5.65. The Morgan fingerprint density at radius 3 is 2.94 bits per heavy atom. The Morgan fingerprint density at radius 1 is 1.53 bits per heavy atom. The van der Waals surface area contributed by atoms with Crippen molar-refractivity contribution in [3.8, 4) is 5.88 Å². The number of methoxy groups -OCH3 is 1. The van der Waals surface area contributed by atoms with Crippen molar-refractivity contribution in [2.75, 3.05) is 26.8 Å². The number of carbonyl (C=O) groups is 1. The molecule has 2 rings (SSSR count). The van der Waals surface area contributed by atoms with Crippen molar-refractivity contribution in [2.24, 2.45) is 0 Å². The van der Waals surface area contributed by atoms with Crippen molar-refractivity contribution in [2.45, 2.75) is 13.0 Å². The number of aromatic nitrogens is 1. The largest absolute Gasteiger partial charge is 0.471 e. The Morgan fingerprint density at radius 2 is 2.29 bits per heavy atom. The number of carbonyl (C=O) groups excluding carboxylic acids is 1. The average molecular weight is 236 g/mol. The van der Waals surface area contributed by atoms with Crippen LogP contribution in [0.3, 0.4) is 0 Å². The Bertz CT molecular complexity index is 402. The van der Waals surface area contributed by atoms with Gasteiger partial charge in [0.05, 0.1) is 13.1 Å². The van der Waals surface area contributed by atoms with Crippen molar-refractivity contribution in [3.63, 3.8) is 0 Å². The van der Waals surface area contributed by atoms with Crippen LogP contribution >= 0.6 is 0 Å². The lowest BCUT2D eigenvalue weighted by Crippen LogP contribution is -2.57. The second kappa shape index (κ2) is 5.14. The summed E-state index contributed by atoms with van der Waals surface area (Å²) < 4.78 is 10.4. The number of aryl methyl sites for hydroxylation is 1. The van der Waals surface area contributed by atoms with Crippen molar-refractivity contribution in [1.29, 1.82) is 0 Å². The molecule has 1 aliphatic rings. The van der Waals surface area contributed by atoms with E-state index in [2.05, 4.69) is 4.98 Å². The summed E-state index contributed by atoms with van der Waals surface area (Å²) >= 11 is 0. The molecule has 0 aliphatic carbocycles. The molecule has 0 atom stereocenters. The monoisotopic (exact) mass is 236 g/mol. The lowest BCUT2D eigenvalue weighted by Gasteiger charge is -2.38. The number of pyridine rings is 1. The zero-order valence-corrected chi connectivity index (χ0v) is 10.0. The molecule has 92 valence electrons. The molecule has 17 heavy (non-hydrogen) atoms. The van der Waals surface area contributed by atoms with Gasteiger partial charge < -0.3 is 14.4 Å². The first-order valence-electron chi connectivity index (χ1n) is 5.56. The maximum absolute atomic E-state index is 11.4. The summed E-state index contributed by atoms with van der Waals surface area (Å²) in [5, 5.41) is 0. The van der Waals surface area contributed by atoms with Crippen LogP contribution in [0.5, 0.6) is 5.88 Å². The van der Waals surface area contributed by atoms with Gasteiger partial charge in [-0.25, -0.2) is 4.98 Å². The summed E-state index contributed by atoms with van der Waals surface area (Å²) in [7, 11) is 1.52. The van der Waals surface area contributed by atoms with E-state index in [1.807, 2.05) is 25.1 Å². The molecule has 1 amide bonds. The fraction of sp³-hybridized carbons (Fsp3) is 0.500. The molecule has 0 spiro atoms. The molecular weight excluding hydrogens is 220 g/mol.